The van der Waals surface area contributed by atoms with E-state index >= 15 is 0 Å². The molecule has 0 N–H and O–H groups in total. The van der Waals surface area contributed by atoms with Crippen LogP contribution >= 0.6 is 0 Å². The summed E-state index contributed by atoms with van der Waals surface area (Å²) in [7, 11) is -2.88. The largest absolute Gasteiger partial charge is 0.444 e. The van der Waals surface area contributed by atoms with Crippen molar-refractivity contribution in [2.45, 2.75) is 63.8 Å². The fourth-order valence-electron chi connectivity index (χ4n) is 5.67. The molecule has 2 unspecified atom stereocenters. The van der Waals surface area contributed by atoms with E-state index in [1.54, 1.807) is 4.90 Å². The number of carbonyl (C=O) groups excluding carboxylic acids is 1. The standard InChI is InChI=1S/C30H41N3O4Si/c1-28(2,3)36-27(34)32-17-19-33(20-18-32)30(22-31)23-35-21-26(30)37-38(29(4,5)6,24-13-9-7-10-14-24)25-15-11-8-12-16-25/h7-16,26H,17-21,23H2,1-6H3. The van der Waals surface area contributed by atoms with Gasteiger partial charge in [-0.15, -0.1) is 0 Å². The van der Waals surface area contributed by atoms with E-state index in [4.69, 9.17) is 13.9 Å². The first-order valence-electron chi connectivity index (χ1n) is 13.4. The van der Waals surface area contributed by atoms with Gasteiger partial charge in [0.2, 0.25) is 0 Å². The van der Waals surface area contributed by atoms with Crippen LogP contribution in [0, 0.1) is 11.3 Å². The van der Waals surface area contributed by atoms with E-state index in [1.807, 2.05) is 32.9 Å². The number of benzene rings is 2. The maximum atomic E-state index is 12.6. The van der Waals surface area contributed by atoms with E-state index in [-0.39, 0.29) is 17.7 Å². The first-order chi connectivity index (χ1) is 17.9. The Morgan fingerprint density at radius 3 is 1.92 bits per heavy atom. The van der Waals surface area contributed by atoms with Crippen molar-refractivity contribution in [1.29, 1.82) is 5.26 Å². The lowest BCUT2D eigenvalue weighted by Gasteiger charge is -2.49. The Bertz CT molecular complexity index is 1090. The topological polar surface area (TPSA) is 75.0 Å². The van der Waals surface area contributed by atoms with Crippen molar-refractivity contribution in [1.82, 2.24) is 9.80 Å². The highest BCUT2D eigenvalue weighted by Crippen LogP contribution is 2.41. The molecule has 1 amide bonds. The Kier molecular flexibility index (Phi) is 8.06. The van der Waals surface area contributed by atoms with Crippen molar-refractivity contribution < 1.29 is 18.7 Å². The van der Waals surface area contributed by atoms with Gasteiger partial charge < -0.3 is 18.8 Å². The lowest BCUT2D eigenvalue weighted by molar-refractivity contribution is -0.0100. The monoisotopic (exact) mass is 535 g/mol. The van der Waals surface area contributed by atoms with Gasteiger partial charge in [-0.05, 0) is 36.2 Å². The second kappa shape index (κ2) is 10.8. The van der Waals surface area contributed by atoms with Crippen LogP contribution in [0.15, 0.2) is 60.7 Å². The van der Waals surface area contributed by atoms with Gasteiger partial charge in [0.05, 0.1) is 19.3 Å². The third-order valence-electron chi connectivity index (χ3n) is 7.55. The quantitative estimate of drug-likeness (QED) is 0.543. The van der Waals surface area contributed by atoms with Crippen LogP contribution in [0.4, 0.5) is 4.79 Å². The molecule has 0 aromatic heterocycles. The summed E-state index contributed by atoms with van der Waals surface area (Å²) < 4.78 is 19.0. The van der Waals surface area contributed by atoms with Gasteiger partial charge in [-0.1, -0.05) is 81.4 Å². The maximum Gasteiger partial charge on any atom is 0.410 e. The van der Waals surface area contributed by atoms with Crippen LogP contribution in [-0.4, -0.2) is 80.8 Å². The van der Waals surface area contributed by atoms with Crippen LogP contribution in [0.5, 0.6) is 0 Å². The first kappa shape index (κ1) is 28.3. The van der Waals surface area contributed by atoms with Gasteiger partial charge in [0.1, 0.15) is 11.7 Å². The Hall–Kier alpha value is -2.70. The summed E-state index contributed by atoms with van der Waals surface area (Å²) in [6.07, 6.45) is -0.752. The molecule has 2 aliphatic rings. The van der Waals surface area contributed by atoms with Crippen molar-refractivity contribution in [3.05, 3.63) is 60.7 Å². The zero-order chi connectivity index (χ0) is 27.6. The lowest BCUT2D eigenvalue weighted by atomic mass is 9.94. The SMILES string of the molecule is CC(C)(C)OC(=O)N1CCN(C2(C#N)COCC2O[Si](c2ccccc2)(c2ccccc2)C(C)(C)C)CC1. The van der Waals surface area contributed by atoms with Crippen LogP contribution < -0.4 is 10.4 Å². The van der Waals surface area contributed by atoms with Gasteiger partial charge >= 0.3 is 6.09 Å². The number of carbonyl (C=O) groups is 1. The minimum Gasteiger partial charge on any atom is -0.444 e. The Balaban J connectivity index is 1.67. The summed E-state index contributed by atoms with van der Waals surface area (Å²) >= 11 is 0. The molecule has 0 aliphatic carbocycles. The number of rotatable bonds is 5. The molecule has 0 spiro atoms. The van der Waals surface area contributed by atoms with Crippen LogP contribution in [0.2, 0.25) is 5.04 Å². The number of amides is 1. The Labute approximate surface area is 228 Å². The molecule has 2 saturated heterocycles. The number of nitriles is 1. The average molecular weight is 536 g/mol. The second-order valence-corrected chi connectivity index (χ2v) is 16.5. The zero-order valence-electron chi connectivity index (χ0n) is 23.6. The lowest BCUT2D eigenvalue weighted by Crippen LogP contribution is -2.71. The minimum atomic E-state index is -2.88. The fourth-order valence-corrected chi connectivity index (χ4v) is 10.4. The van der Waals surface area contributed by atoms with E-state index < -0.39 is 25.6 Å². The minimum absolute atomic E-state index is 0.213. The molecule has 2 aromatic rings. The number of piperazine rings is 1. The smallest absolute Gasteiger partial charge is 0.410 e. The summed E-state index contributed by atoms with van der Waals surface area (Å²) in [4.78, 5) is 16.5. The molecule has 2 aliphatic heterocycles. The van der Waals surface area contributed by atoms with E-state index in [1.165, 1.54) is 10.4 Å². The van der Waals surface area contributed by atoms with Crippen molar-refractivity contribution in [3.63, 3.8) is 0 Å². The second-order valence-electron chi connectivity index (χ2n) is 12.3. The number of ether oxygens (including phenoxy) is 2. The third-order valence-corrected chi connectivity index (χ3v) is 12.6. The van der Waals surface area contributed by atoms with E-state index in [0.717, 1.165) is 0 Å². The maximum absolute atomic E-state index is 12.6. The Morgan fingerprint density at radius 2 is 1.47 bits per heavy atom. The van der Waals surface area contributed by atoms with Crippen molar-refractivity contribution in [2.75, 3.05) is 39.4 Å². The first-order valence-corrected chi connectivity index (χ1v) is 15.3. The number of hydrogen-bond donors (Lipinski definition) is 0. The molecule has 38 heavy (non-hydrogen) atoms. The molecule has 0 radical (unpaired) electrons. The van der Waals surface area contributed by atoms with E-state index in [9.17, 15) is 10.1 Å². The van der Waals surface area contributed by atoms with Gasteiger partial charge in [0.15, 0.2) is 5.54 Å². The van der Waals surface area contributed by atoms with E-state index in [0.29, 0.717) is 32.8 Å². The predicted molar refractivity (Wildman–Crippen MR) is 151 cm³/mol. The molecular formula is C30H41N3O4Si. The van der Waals surface area contributed by atoms with Gasteiger partial charge in [-0.3, -0.25) is 4.90 Å². The van der Waals surface area contributed by atoms with Gasteiger partial charge in [0.25, 0.3) is 8.32 Å². The van der Waals surface area contributed by atoms with Gasteiger partial charge in [-0.2, -0.15) is 5.26 Å². The molecule has 2 heterocycles. The van der Waals surface area contributed by atoms with Crippen LogP contribution in [0.1, 0.15) is 41.5 Å². The molecule has 0 bridgehead atoms. The highest BCUT2D eigenvalue weighted by molar-refractivity contribution is 6.99. The predicted octanol–water partition coefficient (Wildman–Crippen LogP) is 3.78. The summed E-state index contributed by atoms with van der Waals surface area (Å²) in [6.45, 7) is 15.0. The number of hydrogen-bond acceptors (Lipinski definition) is 6. The Morgan fingerprint density at radius 1 is 0.947 bits per heavy atom. The molecule has 8 heteroatoms. The third kappa shape index (κ3) is 5.39. The average Bonchev–Trinajstić information content (AvgIpc) is 3.30. The van der Waals surface area contributed by atoms with Crippen LogP contribution in [0.25, 0.3) is 0 Å². The highest BCUT2D eigenvalue weighted by atomic mass is 28.4. The normalized spacial score (nSPS) is 23.2. The summed E-state index contributed by atoms with van der Waals surface area (Å²) in [5.74, 6) is 0. The van der Waals surface area contributed by atoms with Gasteiger partial charge in [0, 0.05) is 26.2 Å². The highest BCUT2D eigenvalue weighted by Gasteiger charge is 2.58. The molecule has 2 aromatic carbocycles. The summed E-state index contributed by atoms with van der Waals surface area (Å²) in [5.41, 5.74) is -1.48. The molecule has 2 fully saturated rings. The van der Waals surface area contributed by atoms with Crippen molar-refractivity contribution in [3.8, 4) is 6.07 Å². The summed E-state index contributed by atoms with van der Waals surface area (Å²) in [6, 6.07) is 23.6. The molecule has 7 nitrogen and oxygen atoms in total. The zero-order valence-corrected chi connectivity index (χ0v) is 24.6. The molecule has 204 valence electrons. The molecule has 0 saturated carbocycles. The van der Waals surface area contributed by atoms with Gasteiger partial charge in [-0.25, -0.2) is 4.79 Å². The molecule has 2 atom stereocenters. The van der Waals surface area contributed by atoms with Crippen LogP contribution in [-0.2, 0) is 13.9 Å². The van der Waals surface area contributed by atoms with Crippen molar-refractivity contribution >= 4 is 24.8 Å². The summed E-state index contributed by atoms with van der Waals surface area (Å²) in [5, 5.41) is 12.8. The molecule has 4 rings (SSSR count). The van der Waals surface area contributed by atoms with Crippen molar-refractivity contribution in [2.24, 2.45) is 0 Å². The number of nitrogens with zero attached hydrogens (tertiary/aromatic N) is 3. The molecular weight excluding hydrogens is 494 g/mol. The fraction of sp³-hybridized carbons (Fsp3) is 0.533. The van der Waals surface area contributed by atoms with E-state index in [2.05, 4.69) is 80.3 Å². The van der Waals surface area contributed by atoms with Crippen LogP contribution in [0.3, 0.4) is 0 Å².